The number of aryl methyl sites for hydroxylation is 1. The first-order valence-corrected chi connectivity index (χ1v) is 6.08. The Balaban J connectivity index is 2.86. The average Bonchev–Trinajstić information content (AvgIpc) is 2.26. The minimum atomic E-state index is -3.18. The molecule has 0 bridgehead atoms. The Labute approximate surface area is 85.3 Å². The zero-order valence-corrected chi connectivity index (χ0v) is 9.31. The van der Waals surface area contributed by atoms with Crippen molar-refractivity contribution in [3.05, 3.63) is 33.1 Å². The summed E-state index contributed by atoms with van der Waals surface area (Å²) < 4.78 is 23.6. The second-order valence-electron chi connectivity index (χ2n) is 3.01. The summed E-state index contributed by atoms with van der Waals surface area (Å²) in [7, 11) is -3.18. The zero-order valence-electron chi connectivity index (χ0n) is 6.91. The molecule has 0 saturated heterocycles. The molecule has 1 aromatic carbocycles. The third-order valence-electron chi connectivity index (χ3n) is 1.93. The first-order chi connectivity index (χ1) is 6.00. The molecule has 2 nitrogen and oxygen atoms in total. The minimum absolute atomic E-state index is 0.387. The van der Waals surface area contributed by atoms with Crippen LogP contribution in [-0.4, -0.2) is 8.42 Å². The highest BCUT2D eigenvalue weighted by atomic mass is 79.9. The molecule has 1 aromatic rings. The molecule has 0 saturated carbocycles. The molecular weight excluding hydrogens is 252 g/mol. The van der Waals surface area contributed by atoms with Crippen molar-refractivity contribution in [2.75, 3.05) is 0 Å². The van der Waals surface area contributed by atoms with Gasteiger partial charge in [0.05, 0.1) is 4.90 Å². The fourth-order valence-corrected chi connectivity index (χ4v) is 3.93. The van der Waals surface area contributed by atoms with Crippen molar-refractivity contribution in [3.8, 4) is 0 Å². The van der Waals surface area contributed by atoms with Crippen LogP contribution in [0.15, 0.2) is 26.9 Å². The lowest BCUT2D eigenvalue weighted by molar-refractivity contribution is 0.605. The lowest BCUT2D eigenvalue weighted by atomic mass is 10.1. The molecule has 0 amide bonds. The molecule has 0 fully saturated rings. The molecular formula is C9H7BrO2S. The monoisotopic (exact) mass is 258 g/mol. The van der Waals surface area contributed by atoms with Crippen LogP contribution < -0.4 is 0 Å². The highest BCUT2D eigenvalue weighted by Gasteiger charge is 2.23. The Morgan fingerprint density at radius 2 is 2.00 bits per heavy atom. The van der Waals surface area contributed by atoms with E-state index in [4.69, 9.17) is 0 Å². The Hall–Kier alpha value is -0.610. The fraction of sp³-hybridized carbons (Fsp3) is 0.111. The van der Waals surface area contributed by atoms with E-state index < -0.39 is 9.84 Å². The molecule has 1 aliphatic heterocycles. The second-order valence-corrected chi connectivity index (χ2v) is 5.64. The van der Waals surface area contributed by atoms with Gasteiger partial charge in [0.25, 0.3) is 0 Å². The Kier molecular flexibility index (Phi) is 1.85. The lowest BCUT2D eigenvalue weighted by Crippen LogP contribution is -1.95. The first-order valence-electron chi connectivity index (χ1n) is 3.74. The number of halogens is 1. The number of benzene rings is 1. The van der Waals surface area contributed by atoms with Crippen LogP contribution in [-0.2, 0) is 9.84 Å². The van der Waals surface area contributed by atoms with Crippen LogP contribution in [0.2, 0.25) is 0 Å². The summed E-state index contributed by atoms with van der Waals surface area (Å²) >= 11 is 3.25. The maximum absolute atomic E-state index is 11.5. The number of hydrogen-bond donors (Lipinski definition) is 0. The van der Waals surface area contributed by atoms with E-state index in [1.807, 2.05) is 19.1 Å². The summed E-state index contributed by atoms with van der Waals surface area (Å²) in [6.07, 6.45) is 1.63. The maximum Gasteiger partial charge on any atom is 0.201 e. The van der Waals surface area contributed by atoms with Gasteiger partial charge in [-0.2, -0.15) is 0 Å². The van der Waals surface area contributed by atoms with Gasteiger partial charge in [0.1, 0.15) is 0 Å². The van der Waals surface area contributed by atoms with Gasteiger partial charge in [0.15, 0.2) is 0 Å². The molecule has 68 valence electrons. The van der Waals surface area contributed by atoms with Crippen LogP contribution in [0.4, 0.5) is 0 Å². The van der Waals surface area contributed by atoms with Gasteiger partial charge in [-0.1, -0.05) is 6.07 Å². The van der Waals surface area contributed by atoms with Crippen LogP contribution in [0.25, 0.3) is 6.08 Å². The first kappa shape index (κ1) is 8.97. The molecule has 1 heterocycles. The Morgan fingerprint density at radius 1 is 1.31 bits per heavy atom. The van der Waals surface area contributed by atoms with Crippen molar-refractivity contribution < 1.29 is 8.42 Å². The summed E-state index contributed by atoms with van der Waals surface area (Å²) in [4.78, 5) is 0.387. The van der Waals surface area contributed by atoms with Crippen LogP contribution >= 0.6 is 15.9 Å². The molecule has 4 heteroatoms. The van der Waals surface area contributed by atoms with Crippen molar-refractivity contribution in [2.24, 2.45) is 0 Å². The van der Waals surface area contributed by atoms with Gasteiger partial charge in [-0.25, -0.2) is 8.42 Å². The number of hydrogen-bond acceptors (Lipinski definition) is 2. The predicted molar refractivity (Wildman–Crippen MR) is 55.1 cm³/mol. The molecule has 0 spiro atoms. The van der Waals surface area contributed by atoms with E-state index in [1.165, 1.54) is 5.41 Å². The standard InChI is InChI=1S/C9H7BrO2S/c1-6-4-7-2-3-13(11,12)9(7)8(10)5-6/h2-5H,1H3. The highest BCUT2D eigenvalue weighted by molar-refractivity contribution is 9.10. The van der Waals surface area contributed by atoms with E-state index in [1.54, 1.807) is 6.08 Å². The van der Waals surface area contributed by atoms with E-state index in [0.717, 1.165) is 11.1 Å². The summed E-state index contributed by atoms with van der Waals surface area (Å²) in [6, 6.07) is 3.67. The van der Waals surface area contributed by atoms with Gasteiger partial charge in [0, 0.05) is 9.88 Å². The number of rotatable bonds is 0. The summed E-state index contributed by atoms with van der Waals surface area (Å²) in [5.41, 5.74) is 1.82. The van der Waals surface area contributed by atoms with E-state index >= 15 is 0 Å². The van der Waals surface area contributed by atoms with E-state index in [9.17, 15) is 8.42 Å². The van der Waals surface area contributed by atoms with Gasteiger partial charge in [0.2, 0.25) is 9.84 Å². The molecule has 0 aromatic heterocycles. The van der Waals surface area contributed by atoms with Crippen LogP contribution in [0, 0.1) is 6.92 Å². The number of sulfone groups is 1. The van der Waals surface area contributed by atoms with Crippen molar-refractivity contribution in [3.63, 3.8) is 0 Å². The smallest absolute Gasteiger partial charge is 0.201 e. The van der Waals surface area contributed by atoms with Crippen molar-refractivity contribution in [1.82, 2.24) is 0 Å². The highest BCUT2D eigenvalue weighted by Crippen LogP contribution is 2.34. The van der Waals surface area contributed by atoms with Crippen LogP contribution in [0.5, 0.6) is 0 Å². The van der Waals surface area contributed by atoms with E-state index in [-0.39, 0.29) is 0 Å². The summed E-state index contributed by atoms with van der Waals surface area (Å²) in [6.45, 7) is 1.93. The molecule has 2 rings (SSSR count). The maximum atomic E-state index is 11.5. The molecule has 1 aliphatic rings. The van der Waals surface area contributed by atoms with E-state index in [2.05, 4.69) is 15.9 Å². The molecule has 0 radical (unpaired) electrons. The van der Waals surface area contributed by atoms with Crippen molar-refractivity contribution in [1.29, 1.82) is 0 Å². The van der Waals surface area contributed by atoms with Crippen molar-refractivity contribution >= 4 is 31.8 Å². The fourth-order valence-electron chi connectivity index (χ4n) is 1.41. The minimum Gasteiger partial charge on any atom is -0.219 e. The average molecular weight is 259 g/mol. The SMILES string of the molecule is Cc1cc(Br)c2c(c1)C=CS2(=O)=O. The van der Waals surface area contributed by atoms with Gasteiger partial charge in [-0.3, -0.25) is 0 Å². The van der Waals surface area contributed by atoms with Crippen molar-refractivity contribution in [2.45, 2.75) is 11.8 Å². The third-order valence-corrected chi connectivity index (χ3v) is 4.33. The quantitative estimate of drug-likeness (QED) is 0.717. The van der Waals surface area contributed by atoms with Gasteiger partial charge in [-0.05, 0) is 46.1 Å². The molecule has 0 atom stereocenters. The predicted octanol–water partition coefficient (Wildman–Crippen LogP) is 2.52. The Morgan fingerprint density at radius 3 is 2.69 bits per heavy atom. The van der Waals surface area contributed by atoms with Gasteiger partial charge in [-0.15, -0.1) is 0 Å². The van der Waals surface area contributed by atoms with Gasteiger partial charge >= 0.3 is 0 Å². The molecule has 0 unspecified atom stereocenters. The van der Waals surface area contributed by atoms with Gasteiger partial charge < -0.3 is 0 Å². The molecule has 13 heavy (non-hydrogen) atoms. The largest absolute Gasteiger partial charge is 0.219 e. The lowest BCUT2D eigenvalue weighted by Gasteiger charge is -2.03. The molecule has 0 N–H and O–H groups in total. The second kappa shape index (κ2) is 2.69. The topological polar surface area (TPSA) is 34.1 Å². The van der Waals surface area contributed by atoms with E-state index in [0.29, 0.717) is 9.37 Å². The normalized spacial score (nSPS) is 17.4. The van der Waals surface area contributed by atoms with Crippen LogP contribution in [0.1, 0.15) is 11.1 Å². The Bertz CT molecular complexity index is 501. The zero-order chi connectivity index (χ0) is 9.64. The molecule has 0 aliphatic carbocycles. The number of fused-ring (bicyclic) bond motifs is 1. The third kappa shape index (κ3) is 1.34. The summed E-state index contributed by atoms with van der Waals surface area (Å²) in [5.74, 6) is 0. The van der Waals surface area contributed by atoms with Crippen LogP contribution in [0.3, 0.4) is 0 Å². The summed E-state index contributed by atoms with van der Waals surface area (Å²) in [5, 5.41) is 1.24.